The predicted octanol–water partition coefficient (Wildman–Crippen LogP) is 3.83. The lowest BCUT2D eigenvalue weighted by molar-refractivity contribution is 0.108. The van der Waals surface area contributed by atoms with Gasteiger partial charge in [-0.2, -0.15) is 0 Å². The molecule has 0 atom stereocenters. The normalized spacial score (nSPS) is 16.5. The molecule has 1 saturated heterocycles. The van der Waals surface area contributed by atoms with Gasteiger partial charge in [0.15, 0.2) is 0 Å². The number of nitrogens with zero attached hydrogens (tertiary/aromatic N) is 1. The Labute approximate surface area is 135 Å². The molecule has 6 heteroatoms. The molecule has 1 N–H and O–H groups in total. The summed E-state index contributed by atoms with van der Waals surface area (Å²) in [6.07, 6.45) is 1.44. The highest BCUT2D eigenvalue weighted by Crippen LogP contribution is 2.28. The summed E-state index contributed by atoms with van der Waals surface area (Å²) in [7, 11) is 0. The van der Waals surface area contributed by atoms with Crippen molar-refractivity contribution in [2.75, 3.05) is 13.1 Å². The van der Waals surface area contributed by atoms with Crippen molar-refractivity contribution in [3.05, 3.63) is 29.0 Å². The number of rotatable bonds is 2. The molecule has 2 rings (SSSR count). The van der Waals surface area contributed by atoms with Crippen molar-refractivity contribution in [1.29, 1.82) is 0 Å². The van der Waals surface area contributed by atoms with E-state index < -0.39 is 0 Å². The van der Waals surface area contributed by atoms with E-state index in [4.69, 9.17) is 16.3 Å². The van der Waals surface area contributed by atoms with Crippen LogP contribution in [0.15, 0.2) is 18.2 Å². The third-order valence-electron chi connectivity index (χ3n) is 3.40. The summed E-state index contributed by atoms with van der Waals surface area (Å²) in [6, 6.07) is 4.05. The topological polar surface area (TPSA) is 41.6 Å². The molecule has 1 aromatic carbocycles. The lowest BCUT2D eigenvalue weighted by Gasteiger charge is -2.34. The molecule has 0 bridgehead atoms. The Morgan fingerprint density at radius 3 is 2.55 bits per heavy atom. The zero-order chi connectivity index (χ0) is 16.3. The number of urea groups is 1. The number of benzene rings is 1. The van der Waals surface area contributed by atoms with E-state index in [9.17, 15) is 9.18 Å². The number of carbonyl (C=O) groups is 1. The number of amides is 2. The van der Waals surface area contributed by atoms with Gasteiger partial charge in [-0.3, -0.25) is 0 Å². The molecule has 4 nitrogen and oxygen atoms in total. The standard InChI is InChI=1S/C16H22ClFN2O2/c1-16(2,3)19-15(21)20-8-6-12(7-9-20)22-14-5-4-11(18)10-13(14)17/h4-5,10,12H,6-9H2,1-3H3,(H,19,21). The van der Waals surface area contributed by atoms with E-state index in [1.807, 2.05) is 20.8 Å². The summed E-state index contributed by atoms with van der Waals surface area (Å²) in [5.41, 5.74) is -0.244. The Balaban J connectivity index is 1.86. The summed E-state index contributed by atoms with van der Waals surface area (Å²) < 4.78 is 18.8. The van der Waals surface area contributed by atoms with Crippen molar-refractivity contribution in [1.82, 2.24) is 10.2 Å². The molecule has 1 aliphatic heterocycles. The third kappa shape index (κ3) is 4.77. The number of halogens is 2. The van der Waals surface area contributed by atoms with Gasteiger partial charge in [0, 0.05) is 31.5 Å². The molecule has 1 aromatic rings. The first-order chi connectivity index (χ1) is 10.2. The van der Waals surface area contributed by atoms with E-state index in [1.54, 1.807) is 4.90 Å². The zero-order valence-electron chi connectivity index (χ0n) is 13.2. The van der Waals surface area contributed by atoms with Crippen LogP contribution >= 0.6 is 11.6 Å². The van der Waals surface area contributed by atoms with E-state index in [0.717, 1.165) is 12.8 Å². The van der Waals surface area contributed by atoms with Gasteiger partial charge in [-0.1, -0.05) is 11.6 Å². The van der Waals surface area contributed by atoms with Gasteiger partial charge in [-0.05, 0) is 39.0 Å². The van der Waals surface area contributed by atoms with Gasteiger partial charge in [0.1, 0.15) is 17.7 Å². The fourth-order valence-electron chi connectivity index (χ4n) is 2.33. The molecule has 22 heavy (non-hydrogen) atoms. The molecule has 2 amide bonds. The van der Waals surface area contributed by atoms with Crippen molar-refractivity contribution in [3.8, 4) is 5.75 Å². The number of nitrogens with one attached hydrogen (secondary N) is 1. The van der Waals surface area contributed by atoms with Crippen LogP contribution in [0.3, 0.4) is 0 Å². The smallest absolute Gasteiger partial charge is 0.317 e. The van der Waals surface area contributed by atoms with E-state index in [1.165, 1.54) is 18.2 Å². The second kappa shape index (κ2) is 6.73. The Bertz CT molecular complexity index is 537. The molecule has 0 aromatic heterocycles. The van der Waals surface area contributed by atoms with Crippen LogP contribution in [0.2, 0.25) is 5.02 Å². The number of ether oxygens (including phenoxy) is 1. The van der Waals surface area contributed by atoms with Gasteiger partial charge >= 0.3 is 6.03 Å². The molecular formula is C16H22ClFN2O2. The van der Waals surface area contributed by atoms with Crippen LogP contribution < -0.4 is 10.1 Å². The van der Waals surface area contributed by atoms with Gasteiger partial charge in [-0.15, -0.1) is 0 Å². The van der Waals surface area contributed by atoms with Crippen LogP contribution in [-0.2, 0) is 0 Å². The SMILES string of the molecule is CC(C)(C)NC(=O)N1CCC(Oc2ccc(F)cc2Cl)CC1. The minimum absolute atomic E-state index is 0.0124. The van der Waals surface area contributed by atoms with Crippen LogP contribution in [0.25, 0.3) is 0 Å². The lowest BCUT2D eigenvalue weighted by Crippen LogP contribution is -2.51. The monoisotopic (exact) mass is 328 g/mol. The fraction of sp³-hybridized carbons (Fsp3) is 0.562. The number of hydrogen-bond donors (Lipinski definition) is 1. The van der Waals surface area contributed by atoms with Crippen molar-refractivity contribution < 1.29 is 13.9 Å². The average Bonchev–Trinajstić information content (AvgIpc) is 2.41. The summed E-state index contributed by atoms with van der Waals surface area (Å²) in [6.45, 7) is 7.13. The van der Waals surface area contributed by atoms with Gasteiger partial charge in [-0.25, -0.2) is 9.18 Å². The van der Waals surface area contributed by atoms with Crippen LogP contribution in [0.4, 0.5) is 9.18 Å². The number of piperidine rings is 1. The first-order valence-corrected chi connectivity index (χ1v) is 7.81. The molecule has 122 valence electrons. The van der Waals surface area contributed by atoms with Crippen LogP contribution in [0, 0.1) is 5.82 Å². The van der Waals surface area contributed by atoms with Crippen LogP contribution in [0.1, 0.15) is 33.6 Å². The maximum Gasteiger partial charge on any atom is 0.317 e. The van der Waals surface area contributed by atoms with Crippen molar-refractivity contribution >= 4 is 17.6 Å². The van der Waals surface area contributed by atoms with Crippen molar-refractivity contribution in [3.63, 3.8) is 0 Å². The summed E-state index contributed by atoms with van der Waals surface area (Å²) in [4.78, 5) is 13.9. The van der Waals surface area contributed by atoms with Crippen LogP contribution in [0.5, 0.6) is 5.75 Å². The van der Waals surface area contributed by atoms with Crippen molar-refractivity contribution in [2.45, 2.75) is 45.3 Å². The summed E-state index contributed by atoms with van der Waals surface area (Å²) in [5.74, 6) is 0.103. The summed E-state index contributed by atoms with van der Waals surface area (Å²) >= 11 is 5.96. The van der Waals surface area contributed by atoms with Crippen LogP contribution in [-0.4, -0.2) is 35.7 Å². The van der Waals surface area contributed by atoms with Gasteiger partial charge in [0.25, 0.3) is 0 Å². The molecule has 0 saturated carbocycles. The molecule has 0 unspecified atom stereocenters. The molecule has 1 heterocycles. The number of hydrogen-bond acceptors (Lipinski definition) is 2. The molecule has 1 fully saturated rings. The quantitative estimate of drug-likeness (QED) is 0.896. The number of likely N-dealkylation sites (tertiary alicyclic amines) is 1. The largest absolute Gasteiger partial charge is 0.489 e. The van der Waals surface area contributed by atoms with E-state index in [0.29, 0.717) is 18.8 Å². The molecule has 0 radical (unpaired) electrons. The third-order valence-corrected chi connectivity index (χ3v) is 3.69. The maximum absolute atomic E-state index is 13.0. The maximum atomic E-state index is 13.0. The highest BCUT2D eigenvalue weighted by molar-refractivity contribution is 6.32. The fourth-order valence-corrected chi connectivity index (χ4v) is 2.54. The highest BCUT2D eigenvalue weighted by atomic mass is 35.5. The zero-order valence-corrected chi connectivity index (χ0v) is 13.9. The Morgan fingerprint density at radius 1 is 1.36 bits per heavy atom. The van der Waals surface area contributed by atoms with Crippen molar-refractivity contribution in [2.24, 2.45) is 0 Å². The Morgan fingerprint density at radius 2 is 2.00 bits per heavy atom. The lowest BCUT2D eigenvalue weighted by atomic mass is 10.1. The number of carbonyl (C=O) groups excluding carboxylic acids is 1. The molecular weight excluding hydrogens is 307 g/mol. The summed E-state index contributed by atoms with van der Waals surface area (Å²) in [5, 5.41) is 3.22. The van der Waals surface area contributed by atoms with Gasteiger partial charge in [0.2, 0.25) is 0 Å². The molecule has 1 aliphatic rings. The van der Waals surface area contributed by atoms with E-state index >= 15 is 0 Å². The first kappa shape index (κ1) is 16.9. The highest BCUT2D eigenvalue weighted by Gasteiger charge is 2.26. The average molecular weight is 329 g/mol. The van der Waals surface area contributed by atoms with E-state index in [-0.39, 0.29) is 28.5 Å². The van der Waals surface area contributed by atoms with Gasteiger partial charge in [0.05, 0.1) is 5.02 Å². The molecule has 0 spiro atoms. The minimum atomic E-state index is -0.383. The predicted molar refractivity (Wildman–Crippen MR) is 84.9 cm³/mol. The second-order valence-electron chi connectivity index (χ2n) is 6.56. The molecule has 0 aliphatic carbocycles. The first-order valence-electron chi connectivity index (χ1n) is 7.43. The Hall–Kier alpha value is -1.49. The minimum Gasteiger partial charge on any atom is -0.489 e. The van der Waals surface area contributed by atoms with Gasteiger partial charge < -0.3 is 15.0 Å². The second-order valence-corrected chi connectivity index (χ2v) is 6.97. The van der Waals surface area contributed by atoms with E-state index in [2.05, 4.69) is 5.32 Å². The Kier molecular flexibility index (Phi) is 5.16.